The number of nitro groups is 1. The van der Waals surface area contributed by atoms with E-state index in [0.717, 1.165) is 6.42 Å². The van der Waals surface area contributed by atoms with Crippen molar-refractivity contribution in [3.63, 3.8) is 0 Å². The summed E-state index contributed by atoms with van der Waals surface area (Å²) in [7, 11) is 1.52. The summed E-state index contributed by atoms with van der Waals surface area (Å²) in [6, 6.07) is 6.02. The molecule has 0 aliphatic heterocycles. The van der Waals surface area contributed by atoms with Crippen molar-refractivity contribution in [2.24, 2.45) is 18.1 Å². The molecule has 152 valence electrons. The molecule has 0 radical (unpaired) electrons. The molecule has 0 bridgehead atoms. The lowest BCUT2D eigenvalue weighted by Gasteiger charge is -2.09. The second-order valence-corrected chi connectivity index (χ2v) is 6.98. The number of benzene rings is 1. The van der Waals surface area contributed by atoms with Crippen LogP contribution in [-0.2, 0) is 13.6 Å². The summed E-state index contributed by atoms with van der Waals surface area (Å²) < 4.78 is 2.94. The SMILES string of the molecule is CC(C)CCn1c(N/N=C/c2cccc([N+](=O)[O-])c2)nc2c1c(=O)[nH]c(=O)n2C. The van der Waals surface area contributed by atoms with Crippen molar-refractivity contribution in [3.05, 3.63) is 60.8 Å². The zero-order chi connectivity index (χ0) is 21.1. The van der Waals surface area contributed by atoms with Gasteiger partial charge in [0, 0.05) is 31.3 Å². The van der Waals surface area contributed by atoms with Gasteiger partial charge in [0.05, 0.1) is 11.1 Å². The van der Waals surface area contributed by atoms with Gasteiger partial charge in [-0.15, -0.1) is 0 Å². The third-order valence-corrected chi connectivity index (χ3v) is 4.40. The molecule has 0 saturated carbocycles. The van der Waals surface area contributed by atoms with Gasteiger partial charge in [-0.2, -0.15) is 10.1 Å². The molecule has 1 aromatic carbocycles. The zero-order valence-electron chi connectivity index (χ0n) is 16.2. The van der Waals surface area contributed by atoms with Gasteiger partial charge < -0.3 is 4.57 Å². The normalized spacial score (nSPS) is 11.6. The summed E-state index contributed by atoms with van der Waals surface area (Å²) in [6.07, 6.45) is 2.21. The summed E-state index contributed by atoms with van der Waals surface area (Å²) in [4.78, 5) is 41.3. The van der Waals surface area contributed by atoms with E-state index in [1.807, 2.05) is 0 Å². The van der Waals surface area contributed by atoms with Gasteiger partial charge in [-0.1, -0.05) is 26.0 Å². The minimum atomic E-state index is -0.553. The smallest absolute Gasteiger partial charge is 0.303 e. The molecule has 11 heteroatoms. The Bertz CT molecular complexity index is 1200. The van der Waals surface area contributed by atoms with E-state index < -0.39 is 16.2 Å². The Morgan fingerprint density at radius 2 is 2.14 bits per heavy atom. The van der Waals surface area contributed by atoms with Crippen LogP contribution in [0.5, 0.6) is 0 Å². The van der Waals surface area contributed by atoms with E-state index in [2.05, 4.69) is 34.3 Å². The largest absolute Gasteiger partial charge is 0.329 e. The maximum Gasteiger partial charge on any atom is 0.329 e. The minimum absolute atomic E-state index is 0.0420. The molecule has 2 aromatic heterocycles. The van der Waals surface area contributed by atoms with Crippen LogP contribution in [-0.4, -0.2) is 30.2 Å². The number of nitro benzene ring substituents is 1. The summed E-state index contributed by atoms with van der Waals surface area (Å²) in [6.45, 7) is 4.63. The molecule has 2 N–H and O–H groups in total. The van der Waals surface area contributed by atoms with Crippen LogP contribution < -0.4 is 16.7 Å². The number of imidazole rings is 1. The fourth-order valence-electron chi connectivity index (χ4n) is 2.81. The van der Waals surface area contributed by atoms with E-state index in [1.165, 1.54) is 30.0 Å². The number of nitrogens with one attached hydrogen (secondary N) is 2. The quantitative estimate of drug-likeness (QED) is 0.353. The molecule has 0 amide bonds. The van der Waals surface area contributed by atoms with Crippen molar-refractivity contribution in [2.45, 2.75) is 26.8 Å². The van der Waals surface area contributed by atoms with E-state index in [1.54, 1.807) is 16.7 Å². The topological polar surface area (TPSA) is 140 Å². The summed E-state index contributed by atoms with van der Waals surface area (Å²) in [5.74, 6) is 0.689. The number of fused-ring (bicyclic) bond motifs is 1. The van der Waals surface area contributed by atoms with Crippen LogP contribution in [0.3, 0.4) is 0 Å². The first kappa shape index (κ1) is 20.0. The first-order chi connectivity index (χ1) is 13.8. The number of hydrogen-bond donors (Lipinski definition) is 2. The van der Waals surface area contributed by atoms with Gasteiger partial charge in [-0.05, 0) is 12.3 Å². The fourth-order valence-corrected chi connectivity index (χ4v) is 2.81. The average molecular weight is 399 g/mol. The van der Waals surface area contributed by atoms with E-state index in [4.69, 9.17) is 0 Å². The van der Waals surface area contributed by atoms with E-state index >= 15 is 0 Å². The Hall–Kier alpha value is -3.76. The third kappa shape index (κ3) is 4.23. The Morgan fingerprint density at radius 3 is 2.83 bits per heavy atom. The van der Waals surface area contributed by atoms with Crippen molar-refractivity contribution in [2.75, 3.05) is 5.43 Å². The Morgan fingerprint density at radius 1 is 1.38 bits per heavy atom. The maximum absolute atomic E-state index is 12.4. The number of rotatable bonds is 7. The van der Waals surface area contributed by atoms with Gasteiger partial charge in [0.2, 0.25) is 5.95 Å². The summed E-state index contributed by atoms with van der Waals surface area (Å²) in [5, 5.41) is 15.0. The van der Waals surface area contributed by atoms with Gasteiger partial charge >= 0.3 is 5.69 Å². The second-order valence-electron chi connectivity index (χ2n) is 6.98. The van der Waals surface area contributed by atoms with Crippen LogP contribution in [0, 0.1) is 16.0 Å². The van der Waals surface area contributed by atoms with Crippen molar-refractivity contribution in [1.82, 2.24) is 19.1 Å². The van der Waals surface area contributed by atoms with Crippen LogP contribution in [0.15, 0.2) is 39.0 Å². The Labute approximate surface area is 164 Å². The highest BCUT2D eigenvalue weighted by molar-refractivity contribution is 5.81. The predicted molar refractivity (Wildman–Crippen MR) is 109 cm³/mol. The van der Waals surface area contributed by atoms with Crippen LogP contribution in [0.1, 0.15) is 25.8 Å². The number of aromatic nitrogens is 4. The first-order valence-electron chi connectivity index (χ1n) is 9.01. The van der Waals surface area contributed by atoms with Gasteiger partial charge in [0.15, 0.2) is 11.2 Å². The molecule has 0 aliphatic carbocycles. The molecule has 0 fully saturated rings. The van der Waals surface area contributed by atoms with E-state index in [0.29, 0.717) is 24.0 Å². The van der Waals surface area contributed by atoms with E-state index in [9.17, 15) is 19.7 Å². The second kappa shape index (κ2) is 8.09. The molecule has 0 unspecified atom stereocenters. The van der Waals surface area contributed by atoms with Crippen LogP contribution in [0.2, 0.25) is 0 Å². The molecular formula is C18H21N7O4. The molecule has 11 nitrogen and oxygen atoms in total. The van der Waals surface area contributed by atoms with Gasteiger partial charge in [-0.3, -0.25) is 24.5 Å². The van der Waals surface area contributed by atoms with Gasteiger partial charge in [-0.25, -0.2) is 10.2 Å². The molecule has 29 heavy (non-hydrogen) atoms. The highest BCUT2D eigenvalue weighted by Crippen LogP contribution is 2.18. The number of non-ortho nitro benzene ring substituents is 1. The van der Waals surface area contributed by atoms with Crippen molar-refractivity contribution in [3.8, 4) is 0 Å². The van der Waals surface area contributed by atoms with E-state index in [-0.39, 0.29) is 16.9 Å². The lowest BCUT2D eigenvalue weighted by atomic mass is 10.1. The lowest BCUT2D eigenvalue weighted by molar-refractivity contribution is -0.384. The number of aromatic amines is 1. The Balaban J connectivity index is 1.98. The molecule has 0 spiro atoms. The highest BCUT2D eigenvalue weighted by atomic mass is 16.6. The fraction of sp³-hybridized carbons (Fsp3) is 0.333. The number of H-pyrrole nitrogens is 1. The van der Waals surface area contributed by atoms with Crippen molar-refractivity contribution in [1.29, 1.82) is 0 Å². The number of nitrogens with zero attached hydrogens (tertiary/aromatic N) is 5. The Kier molecular flexibility index (Phi) is 5.57. The number of anilines is 1. The highest BCUT2D eigenvalue weighted by Gasteiger charge is 2.17. The van der Waals surface area contributed by atoms with Gasteiger partial charge in [0.25, 0.3) is 11.2 Å². The lowest BCUT2D eigenvalue weighted by Crippen LogP contribution is -2.29. The van der Waals surface area contributed by atoms with Crippen LogP contribution in [0.4, 0.5) is 11.6 Å². The molecule has 2 heterocycles. The van der Waals surface area contributed by atoms with Crippen LogP contribution in [0.25, 0.3) is 11.2 Å². The zero-order valence-corrected chi connectivity index (χ0v) is 16.2. The third-order valence-electron chi connectivity index (χ3n) is 4.40. The minimum Gasteiger partial charge on any atom is -0.303 e. The molecule has 0 saturated heterocycles. The molecule has 3 rings (SSSR count). The molecule has 0 atom stereocenters. The molecular weight excluding hydrogens is 378 g/mol. The van der Waals surface area contributed by atoms with Gasteiger partial charge in [0.1, 0.15) is 0 Å². The van der Waals surface area contributed by atoms with Crippen LogP contribution >= 0.6 is 0 Å². The van der Waals surface area contributed by atoms with Crippen molar-refractivity contribution >= 4 is 29.0 Å². The predicted octanol–water partition coefficient (Wildman–Crippen LogP) is 1.82. The first-order valence-corrected chi connectivity index (χ1v) is 9.01. The summed E-state index contributed by atoms with van der Waals surface area (Å²) in [5.41, 5.74) is 2.72. The molecule has 0 aliphatic rings. The number of hydrazone groups is 1. The monoisotopic (exact) mass is 399 g/mol. The summed E-state index contributed by atoms with van der Waals surface area (Å²) >= 11 is 0. The molecule has 3 aromatic rings. The number of aryl methyl sites for hydroxylation is 2. The maximum atomic E-state index is 12.4. The van der Waals surface area contributed by atoms with Crippen molar-refractivity contribution < 1.29 is 4.92 Å². The average Bonchev–Trinajstić information content (AvgIpc) is 3.04. The number of hydrogen-bond acceptors (Lipinski definition) is 7. The standard InChI is InChI=1S/C18H21N7O4/c1-11(2)7-8-24-14-15(23(3)18(27)21-16(14)26)20-17(24)22-19-10-12-5-4-6-13(9-12)25(28)29/h4-6,9-11H,7-8H2,1-3H3,(H,20,22)(H,21,26,27)/b19-10+.